The Hall–Kier alpha value is -1.72. The average molecular weight is 252 g/mol. The van der Waals surface area contributed by atoms with Gasteiger partial charge in [0.1, 0.15) is 0 Å². The molecule has 0 fully saturated rings. The molecule has 0 bridgehead atoms. The van der Waals surface area contributed by atoms with Crippen LogP contribution in [0.15, 0.2) is 24.3 Å². The molecule has 0 heterocycles. The van der Waals surface area contributed by atoms with Crippen molar-refractivity contribution >= 4 is 11.8 Å². The fraction of sp³-hybridized carbons (Fsp3) is 0.385. The zero-order valence-electron chi connectivity index (χ0n) is 10.6. The Balaban J connectivity index is 2.82. The number of hydrogen-bond acceptors (Lipinski definition) is 5. The Bertz CT molecular complexity index is 406. The number of ether oxygens (including phenoxy) is 3. The van der Waals surface area contributed by atoms with Gasteiger partial charge in [0.2, 0.25) is 0 Å². The standard InChI is InChI=1S/C13H16O5/c1-4-18-12(15)11(14)9-5-7-10(8-6-9)13(16-2)17-3/h5-8,13H,4H2,1-3H3. The first-order valence-electron chi connectivity index (χ1n) is 5.51. The molecule has 0 radical (unpaired) electrons. The van der Waals surface area contributed by atoms with Crippen LogP contribution in [0.1, 0.15) is 29.1 Å². The highest BCUT2D eigenvalue weighted by atomic mass is 16.7. The van der Waals surface area contributed by atoms with Gasteiger partial charge in [-0.1, -0.05) is 24.3 Å². The highest BCUT2D eigenvalue weighted by molar-refractivity contribution is 6.40. The maximum atomic E-state index is 11.6. The van der Waals surface area contributed by atoms with Crippen LogP contribution >= 0.6 is 0 Å². The molecule has 0 spiro atoms. The van der Waals surface area contributed by atoms with Crippen LogP contribution in [0.5, 0.6) is 0 Å². The zero-order valence-corrected chi connectivity index (χ0v) is 10.6. The Kier molecular flexibility index (Phi) is 5.48. The third kappa shape index (κ3) is 3.38. The summed E-state index contributed by atoms with van der Waals surface area (Å²) in [5.74, 6) is -1.50. The number of esters is 1. The topological polar surface area (TPSA) is 61.8 Å². The van der Waals surface area contributed by atoms with E-state index in [1.54, 1.807) is 31.2 Å². The van der Waals surface area contributed by atoms with Gasteiger partial charge in [0, 0.05) is 25.3 Å². The van der Waals surface area contributed by atoms with Gasteiger partial charge >= 0.3 is 5.97 Å². The summed E-state index contributed by atoms with van der Waals surface area (Å²) in [6.45, 7) is 1.83. The van der Waals surface area contributed by atoms with E-state index >= 15 is 0 Å². The van der Waals surface area contributed by atoms with Crippen LogP contribution in [0, 0.1) is 0 Å². The highest BCUT2D eigenvalue weighted by Gasteiger charge is 2.18. The minimum Gasteiger partial charge on any atom is -0.460 e. The second-order valence-electron chi connectivity index (χ2n) is 3.47. The maximum absolute atomic E-state index is 11.6. The lowest BCUT2D eigenvalue weighted by atomic mass is 10.1. The predicted octanol–water partition coefficient (Wildman–Crippen LogP) is 1.72. The first kappa shape index (κ1) is 14.3. The van der Waals surface area contributed by atoms with E-state index in [0.717, 1.165) is 5.56 Å². The third-order valence-electron chi connectivity index (χ3n) is 2.33. The van der Waals surface area contributed by atoms with Crippen molar-refractivity contribution in [2.45, 2.75) is 13.2 Å². The van der Waals surface area contributed by atoms with E-state index in [-0.39, 0.29) is 12.2 Å². The van der Waals surface area contributed by atoms with Crippen LogP contribution in [-0.4, -0.2) is 32.6 Å². The molecule has 0 N–H and O–H groups in total. The van der Waals surface area contributed by atoms with Crippen molar-refractivity contribution in [3.8, 4) is 0 Å². The molecule has 0 atom stereocenters. The molecule has 0 unspecified atom stereocenters. The second-order valence-corrected chi connectivity index (χ2v) is 3.47. The molecular formula is C13H16O5. The molecule has 0 aliphatic heterocycles. The number of ketones is 1. The van der Waals surface area contributed by atoms with Gasteiger partial charge in [0.25, 0.3) is 5.78 Å². The van der Waals surface area contributed by atoms with Crippen LogP contribution in [0.4, 0.5) is 0 Å². The van der Waals surface area contributed by atoms with Gasteiger partial charge in [0.15, 0.2) is 6.29 Å². The summed E-state index contributed by atoms with van der Waals surface area (Å²) in [6, 6.07) is 6.42. The Morgan fingerprint density at radius 2 is 1.67 bits per heavy atom. The van der Waals surface area contributed by atoms with Gasteiger partial charge in [-0.05, 0) is 6.92 Å². The van der Waals surface area contributed by atoms with Crippen molar-refractivity contribution < 1.29 is 23.8 Å². The smallest absolute Gasteiger partial charge is 0.379 e. The van der Waals surface area contributed by atoms with Crippen molar-refractivity contribution in [1.29, 1.82) is 0 Å². The summed E-state index contributed by atoms with van der Waals surface area (Å²) in [4.78, 5) is 22.9. The fourth-order valence-corrected chi connectivity index (χ4v) is 1.47. The minimum atomic E-state index is -0.847. The largest absolute Gasteiger partial charge is 0.460 e. The predicted molar refractivity (Wildman–Crippen MR) is 64.2 cm³/mol. The summed E-state index contributed by atoms with van der Waals surface area (Å²) < 4.78 is 14.8. The average Bonchev–Trinajstić information content (AvgIpc) is 2.40. The Labute approximate surface area is 106 Å². The van der Waals surface area contributed by atoms with Gasteiger partial charge in [-0.3, -0.25) is 4.79 Å². The molecule has 0 amide bonds. The number of benzene rings is 1. The summed E-state index contributed by atoms with van der Waals surface area (Å²) >= 11 is 0. The summed E-state index contributed by atoms with van der Waals surface area (Å²) in [6.07, 6.45) is -0.489. The summed E-state index contributed by atoms with van der Waals surface area (Å²) in [5.41, 5.74) is 1.04. The van der Waals surface area contributed by atoms with Crippen molar-refractivity contribution in [1.82, 2.24) is 0 Å². The first-order chi connectivity index (χ1) is 8.63. The van der Waals surface area contributed by atoms with E-state index in [1.807, 2.05) is 0 Å². The summed E-state index contributed by atoms with van der Waals surface area (Å²) in [5, 5.41) is 0. The van der Waals surface area contributed by atoms with Crippen LogP contribution in [-0.2, 0) is 19.0 Å². The molecular weight excluding hydrogens is 236 g/mol. The lowest BCUT2D eigenvalue weighted by molar-refractivity contribution is -0.137. The van der Waals surface area contributed by atoms with Gasteiger partial charge in [-0.25, -0.2) is 4.79 Å². The quantitative estimate of drug-likeness (QED) is 0.334. The van der Waals surface area contributed by atoms with E-state index in [9.17, 15) is 9.59 Å². The molecule has 1 rings (SSSR count). The minimum absolute atomic E-state index is 0.179. The van der Waals surface area contributed by atoms with Crippen LogP contribution in [0.3, 0.4) is 0 Å². The molecule has 1 aromatic rings. The van der Waals surface area contributed by atoms with Gasteiger partial charge in [0.05, 0.1) is 6.61 Å². The number of Topliss-reactive ketones (excluding diaryl/α,β-unsaturated/α-hetero) is 1. The van der Waals surface area contributed by atoms with E-state index < -0.39 is 18.0 Å². The molecule has 0 saturated carbocycles. The van der Waals surface area contributed by atoms with Crippen molar-refractivity contribution in [2.24, 2.45) is 0 Å². The Morgan fingerprint density at radius 1 is 1.11 bits per heavy atom. The first-order valence-corrected chi connectivity index (χ1v) is 5.51. The maximum Gasteiger partial charge on any atom is 0.379 e. The normalized spacial score (nSPS) is 10.4. The lowest BCUT2D eigenvalue weighted by Gasteiger charge is -2.13. The zero-order chi connectivity index (χ0) is 13.5. The molecule has 0 aromatic heterocycles. The second kappa shape index (κ2) is 6.88. The van der Waals surface area contributed by atoms with E-state index in [1.165, 1.54) is 14.2 Å². The van der Waals surface area contributed by atoms with Crippen LogP contribution in [0.25, 0.3) is 0 Å². The number of rotatable bonds is 6. The number of carbonyl (C=O) groups excluding carboxylic acids is 2. The van der Waals surface area contributed by atoms with Crippen molar-refractivity contribution in [3.63, 3.8) is 0 Å². The van der Waals surface area contributed by atoms with Crippen molar-refractivity contribution in [2.75, 3.05) is 20.8 Å². The number of methoxy groups -OCH3 is 2. The molecule has 5 nitrogen and oxygen atoms in total. The third-order valence-corrected chi connectivity index (χ3v) is 2.33. The highest BCUT2D eigenvalue weighted by Crippen LogP contribution is 2.17. The number of carbonyl (C=O) groups is 2. The van der Waals surface area contributed by atoms with E-state index in [0.29, 0.717) is 0 Å². The van der Waals surface area contributed by atoms with Gasteiger partial charge < -0.3 is 14.2 Å². The SMILES string of the molecule is CCOC(=O)C(=O)c1ccc(C(OC)OC)cc1. The van der Waals surface area contributed by atoms with Gasteiger partial charge in [-0.15, -0.1) is 0 Å². The summed E-state index contributed by atoms with van der Waals surface area (Å²) in [7, 11) is 3.04. The number of hydrogen-bond donors (Lipinski definition) is 0. The van der Waals surface area contributed by atoms with E-state index in [2.05, 4.69) is 4.74 Å². The van der Waals surface area contributed by atoms with Crippen LogP contribution in [0.2, 0.25) is 0 Å². The molecule has 0 aliphatic carbocycles. The van der Waals surface area contributed by atoms with Crippen molar-refractivity contribution in [3.05, 3.63) is 35.4 Å². The lowest BCUT2D eigenvalue weighted by Crippen LogP contribution is -2.17. The fourth-order valence-electron chi connectivity index (χ4n) is 1.47. The monoisotopic (exact) mass is 252 g/mol. The van der Waals surface area contributed by atoms with Crippen LogP contribution < -0.4 is 0 Å². The molecule has 98 valence electrons. The molecule has 0 saturated heterocycles. The molecule has 5 heteroatoms. The Morgan fingerprint density at radius 3 is 2.11 bits per heavy atom. The molecule has 18 heavy (non-hydrogen) atoms. The molecule has 1 aromatic carbocycles. The molecule has 0 aliphatic rings. The van der Waals surface area contributed by atoms with Gasteiger partial charge in [-0.2, -0.15) is 0 Å². The van der Waals surface area contributed by atoms with E-state index in [4.69, 9.17) is 9.47 Å².